The van der Waals surface area contributed by atoms with Crippen LogP contribution in [0.4, 0.5) is 0 Å². The molecule has 2 atom stereocenters. The van der Waals surface area contributed by atoms with E-state index in [-0.39, 0.29) is 6.42 Å². The van der Waals surface area contributed by atoms with Gasteiger partial charge >= 0.3 is 0 Å². The summed E-state index contributed by atoms with van der Waals surface area (Å²) >= 11 is -5.41. The number of rotatable bonds is 5. The lowest BCUT2D eigenvalue weighted by Gasteiger charge is -2.37. The maximum Gasteiger partial charge on any atom is 0.119 e. The lowest BCUT2D eigenvalue weighted by Crippen LogP contribution is -2.36. The second kappa shape index (κ2) is 5.67. The molecule has 1 aromatic rings. The molecule has 16 heavy (non-hydrogen) atoms. The van der Waals surface area contributed by atoms with E-state index in [1.165, 1.54) is 12.1 Å². The first kappa shape index (κ1) is 13.5. The van der Waals surface area contributed by atoms with Gasteiger partial charge in [0.05, 0.1) is 0 Å². The molecule has 0 radical (unpaired) electrons. The average Bonchev–Trinajstić information content (AvgIpc) is 2.26. The first-order valence-electron chi connectivity index (χ1n) is 4.80. The maximum atomic E-state index is 11.3. The van der Waals surface area contributed by atoms with Crippen LogP contribution in [0.1, 0.15) is 25.3 Å². The molecule has 90 valence electrons. The van der Waals surface area contributed by atoms with E-state index < -0.39 is 26.2 Å². The maximum absolute atomic E-state index is 11.3. The largest absolute Gasteiger partial charge is 0.771 e. The zero-order valence-corrected chi connectivity index (χ0v) is 10.4. The van der Waals surface area contributed by atoms with Gasteiger partial charge in [0.25, 0.3) is 0 Å². The highest BCUT2D eigenvalue weighted by Crippen LogP contribution is 2.35. The summed E-state index contributed by atoms with van der Waals surface area (Å²) < 4.78 is 43.2. The number of benzene rings is 1. The van der Waals surface area contributed by atoms with Crippen LogP contribution in [0, 0.1) is 0 Å². The second-order valence-corrected chi connectivity index (χ2v) is 5.93. The van der Waals surface area contributed by atoms with Gasteiger partial charge in [-0.1, -0.05) is 43.7 Å². The molecule has 4 nitrogen and oxygen atoms in total. The average molecular weight is 260 g/mol. The third-order valence-electron chi connectivity index (χ3n) is 2.33. The molecule has 0 aromatic heterocycles. The van der Waals surface area contributed by atoms with Crippen molar-refractivity contribution in [3.63, 3.8) is 0 Å². The van der Waals surface area contributed by atoms with Crippen LogP contribution >= 0.6 is 0 Å². The molecule has 0 saturated heterocycles. The molecule has 1 rings (SSSR count). The minimum absolute atomic E-state index is 0.0588. The molecular formula is C10H12O4S2-2. The van der Waals surface area contributed by atoms with E-state index in [1.807, 2.05) is 0 Å². The highest BCUT2D eigenvalue weighted by Gasteiger charge is 2.34. The molecule has 0 saturated carbocycles. The van der Waals surface area contributed by atoms with Gasteiger partial charge in [-0.2, -0.15) is 0 Å². The monoisotopic (exact) mass is 260 g/mol. The highest BCUT2D eigenvalue weighted by molar-refractivity contribution is 7.98. The summed E-state index contributed by atoms with van der Waals surface area (Å²) in [6.07, 6.45) is 0.528. The van der Waals surface area contributed by atoms with Gasteiger partial charge in [0.15, 0.2) is 0 Å². The predicted octanol–water partition coefficient (Wildman–Crippen LogP) is 1.40. The molecule has 0 spiro atoms. The van der Waals surface area contributed by atoms with E-state index >= 15 is 0 Å². The van der Waals surface area contributed by atoms with E-state index in [2.05, 4.69) is 0 Å². The molecule has 0 aliphatic heterocycles. The summed E-state index contributed by atoms with van der Waals surface area (Å²) in [6, 6.07) is 7.99. The Bertz CT molecular complexity index is 377. The molecule has 0 fully saturated rings. The van der Waals surface area contributed by atoms with E-state index in [9.17, 15) is 17.5 Å². The summed E-state index contributed by atoms with van der Waals surface area (Å²) in [5.41, 5.74) is 0.290. The predicted molar refractivity (Wildman–Crippen MR) is 60.9 cm³/mol. The van der Waals surface area contributed by atoms with Gasteiger partial charge in [0.1, 0.15) is 4.08 Å². The summed E-state index contributed by atoms with van der Waals surface area (Å²) in [5, 5.41) is 0. The van der Waals surface area contributed by atoms with Crippen molar-refractivity contribution in [3.05, 3.63) is 35.9 Å². The van der Waals surface area contributed by atoms with Gasteiger partial charge in [-0.3, -0.25) is 8.42 Å². The third-order valence-corrected chi connectivity index (χ3v) is 5.10. The van der Waals surface area contributed by atoms with Crippen molar-refractivity contribution in [2.24, 2.45) is 0 Å². The van der Waals surface area contributed by atoms with E-state index in [1.54, 1.807) is 25.1 Å². The Morgan fingerprint density at radius 3 is 2.00 bits per heavy atom. The number of hydrogen-bond donors (Lipinski definition) is 0. The Kier molecular flexibility index (Phi) is 4.79. The fourth-order valence-corrected chi connectivity index (χ4v) is 3.42. The molecule has 1 aromatic carbocycles. The van der Waals surface area contributed by atoms with Crippen molar-refractivity contribution in [1.82, 2.24) is 0 Å². The highest BCUT2D eigenvalue weighted by atomic mass is 32.3. The summed E-state index contributed by atoms with van der Waals surface area (Å²) in [4.78, 5) is 0. The van der Waals surface area contributed by atoms with Crippen LogP contribution in [0.2, 0.25) is 0 Å². The van der Waals surface area contributed by atoms with Crippen LogP contribution in [-0.2, 0) is 26.2 Å². The molecule has 6 heteroatoms. The molecule has 0 aliphatic rings. The van der Waals surface area contributed by atoms with Crippen molar-refractivity contribution in [2.75, 3.05) is 0 Å². The van der Waals surface area contributed by atoms with Crippen molar-refractivity contribution in [2.45, 2.75) is 23.8 Å². The summed E-state index contributed by atoms with van der Waals surface area (Å²) in [6.45, 7) is 1.75. The van der Waals surface area contributed by atoms with E-state index in [4.69, 9.17) is 0 Å². The summed E-state index contributed by atoms with van der Waals surface area (Å²) in [5.74, 6) is 0. The van der Waals surface area contributed by atoms with Crippen LogP contribution in [0.25, 0.3) is 0 Å². The Hall–Kier alpha value is -0.560. The Morgan fingerprint density at radius 1 is 1.12 bits per heavy atom. The zero-order chi connectivity index (χ0) is 12.2. The van der Waals surface area contributed by atoms with Gasteiger partial charge in [-0.05, 0) is 34.1 Å². The van der Waals surface area contributed by atoms with Crippen molar-refractivity contribution in [3.8, 4) is 0 Å². The zero-order valence-electron chi connectivity index (χ0n) is 8.75. The molecule has 0 aliphatic carbocycles. The van der Waals surface area contributed by atoms with Crippen molar-refractivity contribution in [1.29, 1.82) is 0 Å². The Morgan fingerprint density at radius 2 is 1.62 bits per heavy atom. The van der Waals surface area contributed by atoms with Gasteiger partial charge in [0, 0.05) is 0 Å². The molecule has 0 bridgehead atoms. The Labute approximate surface area is 99.6 Å². The van der Waals surface area contributed by atoms with Gasteiger partial charge in [0.2, 0.25) is 0 Å². The quantitative estimate of drug-likeness (QED) is 0.749. The van der Waals surface area contributed by atoms with E-state index in [0.717, 1.165) is 0 Å². The molecule has 0 N–H and O–H groups in total. The first-order valence-corrected chi connectivity index (χ1v) is 6.95. The van der Waals surface area contributed by atoms with Gasteiger partial charge in [-0.25, -0.2) is 0 Å². The second-order valence-electron chi connectivity index (χ2n) is 3.34. The standard InChI is InChI=1S/C10H14O4S2/c1-2-8-10(15(11)12,16(13)14)9-6-4-3-5-7-9/h3-7H,2,8H2,1H3,(H,11,12)(H,13,14)/p-2. The molecule has 0 amide bonds. The van der Waals surface area contributed by atoms with E-state index in [0.29, 0.717) is 12.0 Å². The van der Waals surface area contributed by atoms with Crippen molar-refractivity contribution >= 4 is 22.2 Å². The normalized spacial score (nSPS) is 18.7. The molecular weight excluding hydrogens is 248 g/mol. The van der Waals surface area contributed by atoms with Crippen LogP contribution in [-0.4, -0.2) is 17.5 Å². The van der Waals surface area contributed by atoms with Gasteiger partial charge < -0.3 is 9.11 Å². The van der Waals surface area contributed by atoms with Crippen molar-refractivity contribution < 1.29 is 17.5 Å². The topological polar surface area (TPSA) is 80.3 Å². The third kappa shape index (κ3) is 2.40. The lowest BCUT2D eigenvalue weighted by atomic mass is 10.1. The molecule has 0 heterocycles. The smallest absolute Gasteiger partial charge is 0.119 e. The number of hydrogen-bond acceptors (Lipinski definition) is 4. The SMILES string of the molecule is CCCC(c1ccccc1)(S(=O)[O-])S(=O)[O-]. The van der Waals surface area contributed by atoms with Crippen LogP contribution < -0.4 is 0 Å². The minimum Gasteiger partial charge on any atom is -0.771 e. The first-order chi connectivity index (χ1) is 7.55. The van der Waals surface area contributed by atoms with Crippen LogP contribution in [0.5, 0.6) is 0 Å². The fourth-order valence-electron chi connectivity index (χ4n) is 1.58. The lowest BCUT2D eigenvalue weighted by molar-refractivity contribution is 0.472. The van der Waals surface area contributed by atoms with Crippen LogP contribution in [0.3, 0.4) is 0 Å². The summed E-state index contributed by atoms with van der Waals surface area (Å²) in [7, 11) is 0. The van der Waals surface area contributed by atoms with Crippen LogP contribution in [0.15, 0.2) is 30.3 Å². The fraction of sp³-hybridized carbons (Fsp3) is 0.400. The Balaban J connectivity index is 3.33. The molecule has 2 unspecified atom stereocenters. The minimum atomic E-state index is -2.71. The van der Waals surface area contributed by atoms with Gasteiger partial charge in [-0.15, -0.1) is 0 Å².